The van der Waals surface area contributed by atoms with Crippen LogP contribution >= 0.6 is 0 Å². The van der Waals surface area contributed by atoms with E-state index in [0.717, 1.165) is 6.54 Å². The molecule has 18 heavy (non-hydrogen) atoms. The summed E-state index contributed by atoms with van der Waals surface area (Å²) >= 11 is 0. The predicted molar refractivity (Wildman–Crippen MR) is 72.6 cm³/mol. The van der Waals surface area contributed by atoms with Crippen LogP contribution in [0.1, 0.15) is 34.1 Å². The third-order valence-electron chi connectivity index (χ3n) is 4.29. The van der Waals surface area contributed by atoms with Gasteiger partial charge in [-0.2, -0.15) is 0 Å². The number of nitrogens with zero attached hydrogens (tertiary/aromatic N) is 1. The maximum Gasteiger partial charge on any atom is 0.163 e. The maximum absolute atomic E-state index is 5.83. The largest absolute Gasteiger partial charge is 0.348 e. The third-order valence-corrected chi connectivity index (χ3v) is 4.29. The van der Waals surface area contributed by atoms with Crippen LogP contribution in [0.2, 0.25) is 0 Å². The summed E-state index contributed by atoms with van der Waals surface area (Å²) in [5.41, 5.74) is 0. The Labute approximate surface area is 111 Å². The third kappa shape index (κ3) is 3.44. The summed E-state index contributed by atoms with van der Waals surface area (Å²) < 4.78 is 11.4. The van der Waals surface area contributed by atoms with Gasteiger partial charge in [-0.1, -0.05) is 6.92 Å². The van der Waals surface area contributed by atoms with Gasteiger partial charge < -0.3 is 19.7 Å². The molecule has 0 bridgehead atoms. The lowest BCUT2D eigenvalue weighted by Gasteiger charge is -2.40. The van der Waals surface area contributed by atoms with Gasteiger partial charge in [-0.25, -0.2) is 0 Å². The number of hydrogen-bond donors (Lipinski definition) is 1. The molecule has 0 saturated carbocycles. The first kappa shape index (κ1) is 14.3. The lowest BCUT2D eigenvalue weighted by Crippen LogP contribution is -2.52. The van der Waals surface area contributed by atoms with E-state index in [2.05, 4.69) is 31.1 Å². The number of hydrogen-bond acceptors (Lipinski definition) is 4. The van der Waals surface area contributed by atoms with Gasteiger partial charge in [-0.15, -0.1) is 0 Å². The second-order valence-corrected chi connectivity index (χ2v) is 6.47. The van der Waals surface area contributed by atoms with Gasteiger partial charge in [0.15, 0.2) is 5.79 Å². The zero-order chi connectivity index (χ0) is 13.3. The molecule has 4 unspecified atom stereocenters. The molecule has 1 N–H and O–H groups in total. The van der Waals surface area contributed by atoms with Crippen LogP contribution in [0.15, 0.2) is 0 Å². The smallest absolute Gasteiger partial charge is 0.163 e. The van der Waals surface area contributed by atoms with Gasteiger partial charge in [-0.05, 0) is 40.2 Å². The molecule has 4 atom stereocenters. The maximum atomic E-state index is 5.83. The number of piperidine rings is 1. The molecular formula is C14H28N2O2. The van der Waals surface area contributed by atoms with Crippen LogP contribution in [-0.4, -0.2) is 55.6 Å². The summed E-state index contributed by atoms with van der Waals surface area (Å²) in [6.45, 7) is 11.4. The van der Waals surface area contributed by atoms with Crippen LogP contribution in [0, 0.1) is 5.92 Å². The quantitative estimate of drug-likeness (QED) is 0.829. The molecule has 2 rings (SSSR count). The Bertz CT molecular complexity index is 283. The molecule has 106 valence electrons. The summed E-state index contributed by atoms with van der Waals surface area (Å²) in [6.07, 6.45) is 1.41. The average molecular weight is 256 g/mol. The van der Waals surface area contributed by atoms with Gasteiger partial charge >= 0.3 is 0 Å². The standard InChI is InChI=1S/C14H28N2O2/c1-10-8-16(5)11(2)6-13(10)15-7-12-9-17-14(3,4)18-12/h10-13,15H,6-9H2,1-5H3. The van der Waals surface area contributed by atoms with Crippen molar-refractivity contribution >= 4 is 0 Å². The van der Waals surface area contributed by atoms with E-state index in [4.69, 9.17) is 9.47 Å². The Kier molecular flexibility index (Phi) is 4.32. The van der Waals surface area contributed by atoms with Crippen LogP contribution < -0.4 is 5.32 Å². The summed E-state index contributed by atoms with van der Waals surface area (Å²) in [5, 5.41) is 3.67. The second kappa shape index (κ2) is 5.45. The fourth-order valence-electron chi connectivity index (χ4n) is 2.97. The van der Waals surface area contributed by atoms with E-state index in [0.29, 0.717) is 24.6 Å². The van der Waals surface area contributed by atoms with Gasteiger partial charge in [0.25, 0.3) is 0 Å². The summed E-state index contributed by atoms with van der Waals surface area (Å²) in [4.78, 5) is 2.45. The van der Waals surface area contributed by atoms with E-state index in [-0.39, 0.29) is 6.10 Å². The van der Waals surface area contributed by atoms with Crippen molar-refractivity contribution in [3.8, 4) is 0 Å². The Morgan fingerprint density at radius 2 is 2.06 bits per heavy atom. The van der Waals surface area contributed by atoms with Crippen LogP contribution in [0.25, 0.3) is 0 Å². The zero-order valence-electron chi connectivity index (χ0n) is 12.4. The number of nitrogens with one attached hydrogen (secondary N) is 1. The molecule has 0 aromatic heterocycles. The topological polar surface area (TPSA) is 33.7 Å². The molecule has 4 nitrogen and oxygen atoms in total. The normalized spacial score (nSPS) is 41.2. The molecule has 0 aliphatic carbocycles. The lowest BCUT2D eigenvalue weighted by atomic mass is 9.90. The molecule has 2 aliphatic rings. The van der Waals surface area contributed by atoms with Gasteiger partial charge in [0, 0.05) is 25.2 Å². The van der Waals surface area contributed by atoms with Crippen molar-refractivity contribution < 1.29 is 9.47 Å². The van der Waals surface area contributed by atoms with Gasteiger partial charge in [0.2, 0.25) is 0 Å². The number of likely N-dealkylation sites (tertiary alicyclic amines) is 1. The molecule has 0 amide bonds. The molecule has 0 aromatic rings. The van der Waals surface area contributed by atoms with Crippen LogP contribution in [0.4, 0.5) is 0 Å². The van der Waals surface area contributed by atoms with Gasteiger partial charge in [0.1, 0.15) is 0 Å². The lowest BCUT2D eigenvalue weighted by molar-refractivity contribution is -0.138. The molecule has 0 spiro atoms. The second-order valence-electron chi connectivity index (χ2n) is 6.47. The van der Waals surface area contributed by atoms with Crippen molar-refractivity contribution in [1.29, 1.82) is 0 Å². The van der Waals surface area contributed by atoms with E-state index >= 15 is 0 Å². The fraction of sp³-hybridized carbons (Fsp3) is 1.00. The molecular weight excluding hydrogens is 228 g/mol. The summed E-state index contributed by atoms with van der Waals surface area (Å²) in [5.74, 6) is 0.291. The Morgan fingerprint density at radius 1 is 1.33 bits per heavy atom. The van der Waals surface area contributed by atoms with Crippen molar-refractivity contribution in [1.82, 2.24) is 10.2 Å². The molecule has 2 heterocycles. The molecule has 0 aromatic carbocycles. The van der Waals surface area contributed by atoms with Crippen molar-refractivity contribution in [2.75, 3.05) is 26.7 Å². The van der Waals surface area contributed by atoms with E-state index in [1.54, 1.807) is 0 Å². The van der Waals surface area contributed by atoms with Crippen molar-refractivity contribution in [2.24, 2.45) is 5.92 Å². The SMILES string of the molecule is CC1CN(C)C(C)CC1NCC1COC(C)(C)O1. The Hall–Kier alpha value is -0.160. The van der Waals surface area contributed by atoms with E-state index < -0.39 is 5.79 Å². The van der Waals surface area contributed by atoms with Crippen LogP contribution in [0.5, 0.6) is 0 Å². The highest BCUT2D eigenvalue weighted by Gasteiger charge is 2.34. The van der Waals surface area contributed by atoms with Crippen LogP contribution in [-0.2, 0) is 9.47 Å². The highest BCUT2D eigenvalue weighted by molar-refractivity contribution is 4.87. The predicted octanol–water partition coefficient (Wildman–Crippen LogP) is 1.46. The summed E-state index contributed by atoms with van der Waals surface area (Å²) in [7, 11) is 2.22. The minimum absolute atomic E-state index is 0.196. The van der Waals surface area contributed by atoms with Gasteiger partial charge in [0.05, 0.1) is 12.7 Å². The van der Waals surface area contributed by atoms with Crippen LogP contribution in [0.3, 0.4) is 0 Å². The highest BCUT2D eigenvalue weighted by atomic mass is 16.7. The monoisotopic (exact) mass is 256 g/mol. The number of ether oxygens (including phenoxy) is 2. The average Bonchev–Trinajstić information content (AvgIpc) is 2.62. The molecule has 2 aliphatic heterocycles. The molecule has 2 saturated heterocycles. The minimum Gasteiger partial charge on any atom is -0.348 e. The fourth-order valence-corrected chi connectivity index (χ4v) is 2.97. The molecule has 0 radical (unpaired) electrons. The van der Waals surface area contributed by atoms with E-state index in [1.807, 2.05) is 13.8 Å². The zero-order valence-corrected chi connectivity index (χ0v) is 12.4. The van der Waals surface area contributed by atoms with E-state index in [1.165, 1.54) is 13.0 Å². The first-order valence-corrected chi connectivity index (χ1v) is 7.13. The minimum atomic E-state index is -0.405. The van der Waals surface area contributed by atoms with Crippen molar-refractivity contribution in [2.45, 2.75) is 58.1 Å². The molecule has 4 heteroatoms. The molecule has 2 fully saturated rings. The first-order chi connectivity index (χ1) is 8.37. The van der Waals surface area contributed by atoms with Gasteiger partial charge in [-0.3, -0.25) is 0 Å². The summed E-state index contributed by atoms with van der Waals surface area (Å²) in [6, 6.07) is 1.26. The Morgan fingerprint density at radius 3 is 2.67 bits per heavy atom. The van der Waals surface area contributed by atoms with Crippen molar-refractivity contribution in [3.05, 3.63) is 0 Å². The van der Waals surface area contributed by atoms with E-state index in [9.17, 15) is 0 Å². The highest BCUT2D eigenvalue weighted by Crippen LogP contribution is 2.24. The number of rotatable bonds is 3. The Balaban J connectivity index is 1.76. The first-order valence-electron chi connectivity index (χ1n) is 7.13. The van der Waals surface area contributed by atoms with Crippen molar-refractivity contribution in [3.63, 3.8) is 0 Å².